The first kappa shape index (κ1) is 17.1. The molecule has 132 valence electrons. The van der Waals surface area contributed by atoms with Crippen molar-refractivity contribution in [2.45, 2.75) is 26.8 Å². The summed E-state index contributed by atoms with van der Waals surface area (Å²) in [5.74, 6) is 0.963. The van der Waals surface area contributed by atoms with Gasteiger partial charge in [0.1, 0.15) is 5.69 Å². The second kappa shape index (κ2) is 7.00. The summed E-state index contributed by atoms with van der Waals surface area (Å²) in [6.45, 7) is 7.84. The molecule has 0 spiro atoms. The number of hydrogen-bond acceptors (Lipinski definition) is 6. The van der Waals surface area contributed by atoms with Gasteiger partial charge in [0, 0.05) is 31.6 Å². The molecule has 0 unspecified atom stereocenters. The standard InChI is InChI=1S/C17H22N6O2/c1-11(2)23-16(24)7-5-14(21-23)17(25)18-8-13-9-22(10-13)15-6-4-12(3)19-20-15/h4-7,11,13H,8-10H2,1-3H3,(H,18,25). The highest BCUT2D eigenvalue weighted by molar-refractivity contribution is 5.92. The lowest BCUT2D eigenvalue weighted by molar-refractivity contribution is 0.0936. The van der Waals surface area contributed by atoms with Gasteiger partial charge in [-0.3, -0.25) is 9.59 Å². The number of anilines is 1. The molecular weight excluding hydrogens is 320 g/mol. The summed E-state index contributed by atoms with van der Waals surface area (Å²) in [5.41, 5.74) is 0.942. The van der Waals surface area contributed by atoms with Crippen molar-refractivity contribution in [3.63, 3.8) is 0 Å². The molecule has 25 heavy (non-hydrogen) atoms. The Balaban J connectivity index is 1.51. The van der Waals surface area contributed by atoms with Crippen molar-refractivity contribution in [2.24, 2.45) is 5.92 Å². The molecule has 1 N–H and O–H groups in total. The van der Waals surface area contributed by atoms with Crippen LogP contribution in [0.3, 0.4) is 0 Å². The maximum Gasteiger partial charge on any atom is 0.271 e. The summed E-state index contributed by atoms with van der Waals surface area (Å²) in [6.07, 6.45) is 0. The Morgan fingerprint density at radius 1 is 1.24 bits per heavy atom. The maximum atomic E-state index is 12.2. The fraction of sp³-hybridized carbons (Fsp3) is 0.471. The van der Waals surface area contributed by atoms with E-state index < -0.39 is 0 Å². The minimum Gasteiger partial charge on any atom is -0.354 e. The minimum atomic E-state index is -0.261. The van der Waals surface area contributed by atoms with E-state index in [1.165, 1.54) is 16.8 Å². The molecule has 0 saturated carbocycles. The van der Waals surface area contributed by atoms with Crippen LogP contribution in [-0.4, -0.2) is 45.5 Å². The lowest BCUT2D eigenvalue weighted by Gasteiger charge is -2.39. The summed E-state index contributed by atoms with van der Waals surface area (Å²) < 4.78 is 1.32. The van der Waals surface area contributed by atoms with Gasteiger partial charge in [-0.2, -0.15) is 10.2 Å². The van der Waals surface area contributed by atoms with E-state index in [1.54, 1.807) is 0 Å². The van der Waals surface area contributed by atoms with Crippen LogP contribution in [0.15, 0.2) is 29.1 Å². The van der Waals surface area contributed by atoms with Crippen LogP contribution in [0.1, 0.15) is 36.1 Å². The second-order valence-electron chi connectivity index (χ2n) is 6.61. The molecule has 1 aliphatic heterocycles. The Morgan fingerprint density at radius 3 is 2.64 bits per heavy atom. The second-order valence-corrected chi connectivity index (χ2v) is 6.61. The topological polar surface area (TPSA) is 93.0 Å². The average Bonchev–Trinajstić information content (AvgIpc) is 2.55. The molecule has 3 heterocycles. The van der Waals surface area contributed by atoms with Crippen molar-refractivity contribution in [1.29, 1.82) is 0 Å². The van der Waals surface area contributed by atoms with Crippen LogP contribution < -0.4 is 15.8 Å². The van der Waals surface area contributed by atoms with Crippen LogP contribution in [0.2, 0.25) is 0 Å². The number of nitrogens with one attached hydrogen (secondary N) is 1. The number of nitrogens with zero attached hydrogens (tertiary/aromatic N) is 5. The van der Waals surface area contributed by atoms with Crippen LogP contribution in [0, 0.1) is 12.8 Å². The zero-order valence-corrected chi connectivity index (χ0v) is 14.6. The van der Waals surface area contributed by atoms with Crippen LogP contribution in [0.4, 0.5) is 5.82 Å². The molecule has 0 aliphatic carbocycles. The first-order chi connectivity index (χ1) is 11.9. The van der Waals surface area contributed by atoms with Crippen molar-refractivity contribution in [3.05, 3.63) is 46.0 Å². The molecule has 2 aromatic rings. The van der Waals surface area contributed by atoms with E-state index in [2.05, 4.69) is 25.5 Å². The first-order valence-corrected chi connectivity index (χ1v) is 8.37. The van der Waals surface area contributed by atoms with Crippen LogP contribution in [0.5, 0.6) is 0 Å². The Hall–Kier alpha value is -2.77. The fourth-order valence-corrected chi connectivity index (χ4v) is 2.69. The van der Waals surface area contributed by atoms with Gasteiger partial charge in [0.05, 0.1) is 11.7 Å². The highest BCUT2D eigenvalue weighted by atomic mass is 16.2. The van der Waals surface area contributed by atoms with Crippen LogP contribution in [0.25, 0.3) is 0 Å². The number of hydrogen-bond donors (Lipinski definition) is 1. The normalized spacial score (nSPS) is 14.5. The number of aryl methyl sites for hydroxylation is 1. The minimum absolute atomic E-state index is 0.0870. The van der Waals surface area contributed by atoms with E-state index in [-0.39, 0.29) is 23.2 Å². The van der Waals surface area contributed by atoms with Gasteiger partial charge in [-0.1, -0.05) is 0 Å². The van der Waals surface area contributed by atoms with Crippen LogP contribution in [-0.2, 0) is 0 Å². The fourth-order valence-electron chi connectivity index (χ4n) is 2.69. The van der Waals surface area contributed by atoms with Gasteiger partial charge in [-0.05, 0) is 39.0 Å². The molecule has 8 nitrogen and oxygen atoms in total. The van der Waals surface area contributed by atoms with Gasteiger partial charge >= 0.3 is 0 Å². The smallest absolute Gasteiger partial charge is 0.271 e. The summed E-state index contributed by atoms with van der Waals surface area (Å²) in [7, 11) is 0. The summed E-state index contributed by atoms with van der Waals surface area (Å²) in [4.78, 5) is 26.1. The maximum absolute atomic E-state index is 12.2. The van der Waals surface area contributed by atoms with Gasteiger partial charge in [-0.25, -0.2) is 4.68 Å². The monoisotopic (exact) mass is 342 g/mol. The van der Waals surface area contributed by atoms with Crippen molar-refractivity contribution in [3.8, 4) is 0 Å². The van der Waals surface area contributed by atoms with Gasteiger partial charge in [-0.15, -0.1) is 5.10 Å². The molecule has 8 heteroatoms. The Labute approximate surface area is 145 Å². The summed E-state index contributed by atoms with van der Waals surface area (Å²) in [6, 6.07) is 6.65. The number of aromatic nitrogens is 4. The van der Waals surface area contributed by atoms with E-state index in [4.69, 9.17) is 0 Å². The quantitative estimate of drug-likeness (QED) is 0.863. The van der Waals surface area contributed by atoms with Crippen molar-refractivity contribution < 1.29 is 4.79 Å². The lowest BCUT2D eigenvalue weighted by atomic mass is 10.0. The Kier molecular flexibility index (Phi) is 4.78. The van der Waals surface area contributed by atoms with E-state index in [9.17, 15) is 9.59 Å². The lowest BCUT2D eigenvalue weighted by Crippen LogP contribution is -2.52. The molecule has 1 fully saturated rings. The third-order valence-electron chi connectivity index (χ3n) is 4.16. The third kappa shape index (κ3) is 3.84. The highest BCUT2D eigenvalue weighted by Gasteiger charge is 2.28. The number of amides is 1. The predicted molar refractivity (Wildman–Crippen MR) is 93.7 cm³/mol. The SMILES string of the molecule is Cc1ccc(N2CC(CNC(=O)c3ccc(=O)n(C(C)C)n3)C2)nn1. The van der Waals surface area contributed by atoms with Crippen molar-refractivity contribution in [2.75, 3.05) is 24.5 Å². The zero-order chi connectivity index (χ0) is 18.0. The van der Waals surface area contributed by atoms with Gasteiger partial charge in [0.15, 0.2) is 5.82 Å². The molecular formula is C17H22N6O2. The van der Waals surface area contributed by atoms with E-state index >= 15 is 0 Å². The Morgan fingerprint density at radius 2 is 2.00 bits per heavy atom. The van der Waals surface area contributed by atoms with Gasteiger partial charge in [0.2, 0.25) is 0 Å². The van der Waals surface area contributed by atoms with E-state index in [1.807, 2.05) is 32.9 Å². The predicted octanol–water partition coefficient (Wildman–Crippen LogP) is 0.789. The molecule has 0 radical (unpaired) electrons. The number of carbonyl (C=O) groups excluding carboxylic acids is 1. The largest absolute Gasteiger partial charge is 0.354 e. The van der Waals surface area contributed by atoms with Crippen LogP contribution >= 0.6 is 0 Å². The van der Waals surface area contributed by atoms with Crippen molar-refractivity contribution >= 4 is 11.7 Å². The Bertz CT molecular complexity index is 809. The van der Waals surface area contributed by atoms with E-state index in [0.717, 1.165) is 24.6 Å². The first-order valence-electron chi connectivity index (χ1n) is 8.37. The van der Waals surface area contributed by atoms with Gasteiger partial charge in [0.25, 0.3) is 11.5 Å². The van der Waals surface area contributed by atoms with Gasteiger partial charge < -0.3 is 10.2 Å². The average molecular weight is 342 g/mol. The highest BCUT2D eigenvalue weighted by Crippen LogP contribution is 2.21. The third-order valence-corrected chi connectivity index (χ3v) is 4.16. The molecule has 0 atom stereocenters. The zero-order valence-electron chi connectivity index (χ0n) is 14.6. The number of carbonyl (C=O) groups is 1. The molecule has 1 amide bonds. The molecule has 0 aromatic carbocycles. The molecule has 3 rings (SSSR count). The molecule has 0 bridgehead atoms. The van der Waals surface area contributed by atoms with E-state index in [0.29, 0.717) is 12.5 Å². The molecule has 1 aliphatic rings. The summed E-state index contributed by atoms with van der Waals surface area (Å²) in [5, 5.41) is 15.2. The van der Waals surface area contributed by atoms with Crippen molar-refractivity contribution in [1.82, 2.24) is 25.3 Å². The number of rotatable bonds is 5. The molecule has 1 saturated heterocycles. The molecule has 2 aromatic heterocycles. The summed E-state index contributed by atoms with van der Waals surface area (Å²) >= 11 is 0.